The van der Waals surface area contributed by atoms with Crippen molar-refractivity contribution in [2.45, 2.75) is 31.6 Å². The number of sulfonamides is 1. The molecule has 7 nitrogen and oxygen atoms in total. The van der Waals surface area contributed by atoms with E-state index in [0.29, 0.717) is 6.54 Å². The molecule has 0 radical (unpaired) electrons. The second kappa shape index (κ2) is 7.65. The summed E-state index contributed by atoms with van der Waals surface area (Å²) in [6.07, 6.45) is 1.82. The molecule has 0 atom stereocenters. The van der Waals surface area contributed by atoms with Crippen LogP contribution in [-0.2, 0) is 14.8 Å². The Balaban J connectivity index is 0.00000264. The first-order valence-electron chi connectivity index (χ1n) is 7.16. The molecule has 2 rings (SSSR count). The molecule has 2 N–H and O–H groups in total. The van der Waals surface area contributed by atoms with E-state index in [1.807, 2.05) is 0 Å². The van der Waals surface area contributed by atoms with Gasteiger partial charge in [-0.25, -0.2) is 17.9 Å². The van der Waals surface area contributed by atoms with Gasteiger partial charge >= 0.3 is 5.97 Å². The third-order valence-corrected chi connectivity index (χ3v) is 5.56. The van der Waals surface area contributed by atoms with E-state index >= 15 is 0 Å². The molecule has 0 saturated carbocycles. The number of methoxy groups -OCH3 is 1. The lowest BCUT2D eigenvalue weighted by molar-refractivity contribution is 0.0563. The Morgan fingerprint density at radius 1 is 1.43 bits per heavy atom. The predicted octanol–water partition coefficient (Wildman–Crippen LogP) is 1.46. The number of carbonyl (C=O) groups excluding carboxylic acids is 1. The average molecular weight is 367 g/mol. The average Bonchev–Trinajstić information content (AvgIpc) is 2.88. The van der Waals surface area contributed by atoms with E-state index in [0.717, 1.165) is 25.9 Å². The number of aryl methyl sites for hydroxylation is 1. The van der Waals surface area contributed by atoms with Gasteiger partial charge in [0.2, 0.25) is 15.8 Å². The monoisotopic (exact) mass is 366 g/mol. The van der Waals surface area contributed by atoms with Crippen LogP contribution in [0.5, 0.6) is 0 Å². The first-order valence-corrected chi connectivity index (χ1v) is 8.65. The van der Waals surface area contributed by atoms with E-state index in [-0.39, 0.29) is 34.2 Å². The molecule has 1 saturated heterocycles. The first-order chi connectivity index (χ1) is 10.3. The maximum Gasteiger partial charge on any atom is 0.373 e. The Morgan fingerprint density at radius 2 is 2.04 bits per heavy atom. The van der Waals surface area contributed by atoms with Crippen molar-refractivity contribution >= 4 is 28.4 Å². The van der Waals surface area contributed by atoms with Gasteiger partial charge in [-0.15, -0.1) is 12.4 Å². The van der Waals surface area contributed by atoms with Gasteiger partial charge < -0.3 is 14.5 Å². The number of ether oxygens (including phenoxy) is 1. The summed E-state index contributed by atoms with van der Waals surface area (Å²) in [6.45, 7) is 5.70. The zero-order valence-corrected chi connectivity index (χ0v) is 15.1. The SMILES string of the molecule is COC(=O)c1cc(S(=O)(=O)NCC2(C)CCNCC2)c(C)o1.Cl. The van der Waals surface area contributed by atoms with Gasteiger partial charge in [-0.2, -0.15) is 0 Å². The number of rotatable bonds is 5. The van der Waals surface area contributed by atoms with Crippen molar-refractivity contribution in [3.8, 4) is 0 Å². The standard InChI is InChI=1S/C14H22N2O5S.ClH/c1-10-12(8-11(21-10)13(17)20-3)22(18,19)16-9-14(2)4-6-15-7-5-14;/h8,15-16H,4-7,9H2,1-3H3;1H. The van der Waals surface area contributed by atoms with Crippen LogP contribution in [-0.4, -0.2) is 41.1 Å². The number of carbonyl (C=O) groups is 1. The quantitative estimate of drug-likeness (QED) is 0.766. The highest BCUT2D eigenvalue weighted by atomic mass is 35.5. The molecule has 1 fully saturated rings. The molecule has 1 aromatic rings. The number of nitrogens with one attached hydrogen (secondary N) is 2. The molecule has 132 valence electrons. The van der Waals surface area contributed by atoms with Crippen molar-refractivity contribution in [2.75, 3.05) is 26.7 Å². The van der Waals surface area contributed by atoms with Gasteiger partial charge in [0.25, 0.3) is 0 Å². The number of hydrogen-bond acceptors (Lipinski definition) is 6. The van der Waals surface area contributed by atoms with Gasteiger partial charge in [0, 0.05) is 12.6 Å². The molecule has 0 aromatic carbocycles. The van der Waals surface area contributed by atoms with Crippen LogP contribution in [0.15, 0.2) is 15.4 Å². The summed E-state index contributed by atoms with van der Waals surface area (Å²) in [5, 5.41) is 3.26. The minimum absolute atomic E-state index is 0. The van der Waals surface area contributed by atoms with Crippen LogP contribution >= 0.6 is 12.4 Å². The Labute approximate surface area is 142 Å². The highest BCUT2D eigenvalue weighted by Crippen LogP contribution is 2.28. The predicted molar refractivity (Wildman–Crippen MR) is 87.4 cm³/mol. The van der Waals surface area contributed by atoms with E-state index in [2.05, 4.69) is 21.7 Å². The fourth-order valence-electron chi connectivity index (χ4n) is 2.49. The summed E-state index contributed by atoms with van der Waals surface area (Å²) in [5.41, 5.74) is -0.0683. The van der Waals surface area contributed by atoms with Crippen LogP contribution in [0.4, 0.5) is 0 Å². The van der Waals surface area contributed by atoms with Crippen LogP contribution in [0.25, 0.3) is 0 Å². The van der Waals surface area contributed by atoms with E-state index < -0.39 is 16.0 Å². The van der Waals surface area contributed by atoms with E-state index in [9.17, 15) is 13.2 Å². The van der Waals surface area contributed by atoms with Crippen molar-refractivity contribution in [2.24, 2.45) is 5.41 Å². The maximum absolute atomic E-state index is 12.4. The van der Waals surface area contributed by atoms with Crippen molar-refractivity contribution in [3.05, 3.63) is 17.6 Å². The Bertz CT molecular complexity index is 650. The number of furan rings is 1. The van der Waals surface area contributed by atoms with Crippen LogP contribution in [0.2, 0.25) is 0 Å². The highest BCUT2D eigenvalue weighted by molar-refractivity contribution is 7.89. The summed E-state index contributed by atoms with van der Waals surface area (Å²) >= 11 is 0. The third-order valence-electron chi connectivity index (χ3n) is 4.05. The molecule has 1 aliphatic heterocycles. The summed E-state index contributed by atoms with van der Waals surface area (Å²) in [6, 6.07) is 1.20. The lowest BCUT2D eigenvalue weighted by Gasteiger charge is -2.34. The lowest BCUT2D eigenvalue weighted by atomic mass is 9.81. The maximum atomic E-state index is 12.4. The van der Waals surface area contributed by atoms with Crippen LogP contribution < -0.4 is 10.0 Å². The zero-order valence-electron chi connectivity index (χ0n) is 13.5. The van der Waals surface area contributed by atoms with Crippen molar-refractivity contribution in [1.29, 1.82) is 0 Å². The summed E-state index contributed by atoms with van der Waals surface area (Å²) in [5.74, 6) is -0.647. The second-order valence-corrected chi connectivity index (χ2v) is 7.64. The van der Waals surface area contributed by atoms with Gasteiger partial charge in [-0.1, -0.05) is 6.92 Å². The van der Waals surface area contributed by atoms with E-state index in [1.165, 1.54) is 20.1 Å². The van der Waals surface area contributed by atoms with Crippen molar-refractivity contribution < 1.29 is 22.4 Å². The molecular weight excluding hydrogens is 344 g/mol. The molecule has 0 aliphatic carbocycles. The fraction of sp³-hybridized carbons (Fsp3) is 0.643. The molecule has 1 aliphatic rings. The molecule has 9 heteroatoms. The van der Waals surface area contributed by atoms with Gasteiger partial charge in [0.05, 0.1) is 7.11 Å². The summed E-state index contributed by atoms with van der Waals surface area (Å²) in [7, 11) is -2.51. The molecular formula is C14H23ClN2O5S. The smallest absolute Gasteiger partial charge is 0.373 e. The Morgan fingerprint density at radius 3 is 2.61 bits per heavy atom. The minimum Gasteiger partial charge on any atom is -0.463 e. The van der Waals surface area contributed by atoms with Crippen LogP contribution in [0, 0.1) is 12.3 Å². The van der Waals surface area contributed by atoms with Crippen LogP contribution in [0.1, 0.15) is 36.1 Å². The zero-order chi connectivity index (χ0) is 16.4. The molecule has 0 bridgehead atoms. The topological polar surface area (TPSA) is 97.6 Å². The second-order valence-electron chi connectivity index (χ2n) is 5.91. The molecule has 0 spiro atoms. The molecule has 1 aromatic heterocycles. The molecule has 23 heavy (non-hydrogen) atoms. The summed E-state index contributed by atoms with van der Waals surface area (Å²) in [4.78, 5) is 11.4. The minimum atomic E-state index is -3.72. The Hall–Kier alpha value is -1.09. The Kier molecular flexibility index (Phi) is 6.64. The number of hydrogen-bond donors (Lipinski definition) is 2. The largest absolute Gasteiger partial charge is 0.463 e. The van der Waals surface area contributed by atoms with E-state index in [1.54, 1.807) is 0 Å². The fourth-order valence-corrected chi connectivity index (χ4v) is 3.86. The molecule has 2 heterocycles. The van der Waals surface area contributed by atoms with E-state index in [4.69, 9.17) is 4.42 Å². The summed E-state index contributed by atoms with van der Waals surface area (Å²) < 4.78 is 37.2. The third kappa shape index (κ3) is 4.69. The first kappa shape index (κ1) is 20.0. The molecule has 0 amide bonds. The van der Waals surface area contributed by atoms with Gasteiger partial charge in [-0.05, 0) is 38.3 Å². The molecule has 0 unspecified atom stereocenters. The van der Waals surface area contributed by atoms with Gasteiger partial charge in [0.1, 0.15) is 10.7 Å². The van der Waals surface area contributed by atoms with Crippen LogP contribution in [0.3, 0.4) is 0 Å². The number of piperidine rings is 1. The van der Waals surface area contributed by atoms with Crippen molar-refractivity contribution in [3.63, 3.8) is 0 Å². The normalized spacial score (nSPS) is 17.3. The number of halogens is 1. The van der Waals surface area contributed by atoms with Gasteiger partial charge in [-0.3, -0.25) is 0 Å². The number of esters is 1. The van der Waals surface area contributed by atoms with Crippen molar-refractivity contribution in [1.82, 2.24) is 10.0 Å². The highest BCUT2D eigenvalue weighted by Gasteiger charge is 2.30. The lowest BCUT2D eigenvalue weighted by Crippen LogP contribution is -2.42. The van der Waals surface area contributed by atoms with Gasteiger partial charge in [0.15, 0.2) is 0 Å².